The highest BCUT2D eigenvalue weighted by Crippen LogP contribution is 2.40. The van der Waals surface area contributed by atoms with Crippen LogP contribution in [0, 0.1) is 0 Å². The molecule has 6 nitrogen and oxygen atoms in total. The molecule has 0 unspecified atom stereocenters. The minimum absolute atomic E-state index is 0.0297. The first-order valence-corrected chi connectivity index (χ1v) is 11.3. The minimum Gasteiger partial charge on any atom is -0.298 e. The summed E-state index contributed by atoms with van der Waals surface area (Å²) in [7, 11) is -3.89. The number of carbonyl (C=O) groups is 1. The van der Waals surface area contributed by atoms with Crippen molar-refractivity contribution in [1.82, 2.24) is 4.98 Å². The van der Waals surface area contributed by atoms with E-state index in [0.29, 0.717) is 11.0 Å². The van der Waals surface area contributed by atoms with E-state index in [1.807, 2.05) is 5.38 Å². The van der Waals surface area contributed by atoms with Gasteiger partial charge in [-0.15, -0.1) is 11.3 Å². The first-order valence-electron chi connectivity index (χ1n) is 8.56. The molecule has 4 rings (SSSR count). The molecule has 1 fully saturated rings. The zero-order chi connectivity index (χ0) is 19.7. The maximum atomic E-state index is 12.7. The van der Waals surface area contributed by atoms with Gasteiger partial charge in [0.1, 0.15) is 0 Å². The quantitative estimate of drug-likeness (QED) is 0.588. The fraction of sp³-hybridized carbons (Fsp3) is 0.158. The van der Waals surface area contributed by atoms with Crippen molar-refractivity contribution in [3.8, 4) is 0 Å². The Bertz CT molecular complexity index is 1140. The largest absolute Gasteiger partial charge is 0.298 e. The van der Waals surface area contributed by atoms with Crippen LogP contribution in [0.5, 0.6) is 0 Å². The van der Waals surface area contributed by atoms with Gasteiger partial charge in [-0.25, -0.2) is 13.4 Å². The number of carbonyl (C=O) groups excluding carboxylic acids is 1. The first kappa shape index (κ1) is 18.9. The summed E-state index contributed by atoms with van der Waals surface area (Å²) in [4.78, 5) is 16.9. The number of sulfonamides is 1. The normalized spacial score (nSPS) is 13.9. The van der Waals surface area contributed by atoms with Crippen LogP contribution in [0.3, 0.4) is 0 Å². The van der Waals surface area contributed by atoms with Crippen molar-refractivity contribution >= 4 is 49.7 Å². The fourth-order valence-electron chi connectivity index (χ4n) is 2.63. The van der Waals surface area contributed by atoms with Crippen LogP contribution in [0.2, 0.25) is 5.02 Å². The zero-order valence-electron chi connectivity index (χ0n) is 14.6. The van der Waals surface area contributed by atoms with Crippen LogP contribution in [0.25, 0.3) is 0 Å². The number of aromatic nitrogens is 1. The van der Waals surface area contributed by atoms with Gasteiger partial charge in [-0.05, 0) is 43.2 Å². The van der Waals surface area contributed by atoms with Crippen molar-refractivity contribution in [2.75, 3.05) is 10.0 Å². The molecule has 0 atom stereocenters. The number of hydrogen-bond acceptors (Lipinski definition) is 5. The molecule has 0 radical (unpaired) electrons. The molecule has 1 aliphatic rings. The summed E-state index contributed by atoms with van der Waals surface area (Å²) < 4.78 is 27.8. The van der Waals surface area contributed by atoms with Crippen molar-refractivity contribution in [3.05, 3.63) is 70.2 Å². The highest BCUT2D eigenvalue weighted by atomic mass is 35.5. The molecular weight excluding hydrogens is 418 g/mol. The van der Waals surface area contributed by atoms with Gasteiger partial charge in [0.2, 0.25) is 0 Å². The third kappa shape index (κ3) is 4.19. The average Bonchev–Trinajstić information content (AvgIpc) is 3.43. The fourth-order valence-corrected chi connectivity index (χ4v) is 4.78. The summed E-state index contributed by atoms with van der Waals surface area (Å²) in [5, 5.41) is 5.47. The summed E-state index contributed by atoms with van der Waals surface area (Å²) in [5.74, 6) is 0.0951. The molecule has 1 heterocycles. The Balaban J connectivity index is 1.52. The van der Waals surface area contributed by atoms with E-state index in [4.69, 9.17) is 11.6 Å². The van der Waals surface area contributed by atoms with Gasteiger partial charge in [-0.1, -0.05) is 29.8 Å². The first-order chi connectivity index (χ1) is 13.4. The van der Waals surface area contributed by atoms with E-state index in [0.717, 1.165) is 18.5 Å². The van der Waals surface area contributed by atoms with Crippen LogP contribution in [0.15, 0.2) is 58.8 Å². The maximum Gasteiger partial charge on any atom is 0.261 e. The third-order valence-electron chi connectivity index (χ3n) is 4.26. The predicted molar refractivity (Wildman–Crippen MR) is 111 cm³/mol. The van der Waals surface area contributed by atoms with E-state index in [2.05, 4.69) is 15.0 Å². The lowest BCUT2D eigenvalue weighted by molar-refractivity contribution is 0.102. The summed E-state index contributed by atoms with van der Waals surface area (Å²) in [6, 6.07) is 12.4. The van der Waals surface area contributed by atoms with Gasteiger partial charge in [0.15, 0.2) is 5.13 Å². The Labute approximate surface area is 171 Å². The van der Waals surface area contributed by atoms with Crippen LogP contribution in [-0.2, 0) is 10.0 Å². The van der Waals surface area contributed by atoms with Gasteiger partial charge in [-0.3, -0.25) is 14.8 Å². The summed E-state index contributed by atoms with van der Waals surface area (Å²) in [5.41, 5.74) is 1.50. The molecule has 1 saturated carbocycles. The van der Waals surface area contributed by atoms with Gasteiger partial charge in [0.25, 0.3) is 15.9 Å². The number of thiazole rings is 1. The monoisotopic (exact) mass is 433 g/mol. The molecule has 0 bridgehead atoms. The smallest absolute Gasteiger partial charge is 0.261 e. The van der Waals surface area contributed by atoms with Crippen LogP contribution in [0.1, 0.15) is 34.8 Å². The molecule has 1 aliphatic carbocycles. The summed E-state index contributed by atoms with van der Waals surface area (Å²) in [6.07, 6.45) is 2.27. The molecule has 144 valence electrons. The van der Waals surface area contributed by atoms with Crippen LogP contribution in [-0.4, -0.2) is 19.3 Å². The maximum absolute atomic E-state index is 12.7. The second kappa shape index (κ2) is 7.54. The molecule has 0 aliphatic heterocycles. The molecule has 0 saturated heterocycles. The number of benzene rings is 2. The number of nitrogens with zero attached hydrogens (tertiary/aromatic N) is 1. The van der Waals surface area contributed by atoms with Crippen molar-refractivity contribution in [3.63, 3.8) is 0 Å². The lowest BCUT2D eigenvalue weighted by atomic mass is 10.2. The van der Waals surface area contributed by atoms with E-state index in [-0.39, 0.29) is 21.2 Å². The van der Waals surface area contributed by atoms with Gasteiger partial charge < -0.3 is 0 Å². The zero-order valence-corrected chi connectivity index (χ0v) is 16.9. The molecular formula is C19H16ClN3O3S2. The molecule has 1 amide bonds. The van der Waals surface area contributed by atoms with Crippen LogP contribution in [0.4, 0.5) is 10.8 Å². The molecule has 2 aromatic carbocycles. The Morgan fingerprint density at radius 1 is 1.14 bits per heavy atom. The van der Waals surface area contributed by atoms with E-state index in [1.54, 1.807) is 30.3 Å². The van der Waals surface area contributed by atoms with Gasteiger partial charge >= 0.3 is 0 Å². The Morgan fingerprint density at radius 2 is 1.93 bits per heavy atom. The van der Waals surface area contributed by atoms with Crippen molar-refractivity contribution < 1.29 is 13.2 Å². The standard InChI is InChI=1S/C19H16ClN3O3S2/c20-15-6-1-2-7-16(15)23-28(25,26)14-5-3-4-13(10-14)18(24)22-19-21-17(11-27-19)12-8-9-12/h1-7,10-12,23H,8-9H2,(H,21,22,24). The lowest BCUT2D eigenvalue weighted by Crippen LogP contribution is -2.16. The second-order valence-corrected chi connectivity index (χ2v) is 9.37. The number of para-hydroxylation sites is 1. The molecule has 28 heavy (non-hydrogen) atoms. The van der Waals surface area contributed by atoms with E-state index >= 15 is 0 Å². The van der Waals surface area contributed by atoms with E-state index in [1.165, 1.54) is 29.5 Å². The summed E-state index contributed by atoms with van der Waals surface area (Å²) >= 11 is 7.39. The van der Waals surface area contributed by atoms with E-state index in [9.17, 15) is 13.2 Å². The number of anilines is 2. The van der Waals surface area contributed by atoms with Gasteiger partial charge in [0.05, 0.1) is 21.3 Å². The topological polar surface area (TPSA) is 88.2 Å². The average molecular weight is 434 g/mol. The number of hydrogen-bond donors (Lipinski definition) is 2. The SMILES string of the molecule is O=C(Nc1nc(C2CC2)cs1)c1cccc(S(=O)(=O)Nc2ccccc2Cl)c1. The second-order valence-electron chi connectivity index (χ2n) is 6.42. The van der Waals surface area contributed by atoms with Crippen LogP contribution < -0.4 is 10.0 Å². The minimum atomic E-state index is -3.89. The molecule has 3 aromatic rings. The molecule has 2 N–H and O–H groups in total. The van der Waals surface area contributed by atoms with Gasteiger partial charge in [0, 0.05) is 16.9 Å². The number of halogens is 1. The third-order valence-corrected chi connectivity index (χ3v) is 6.73. The highest BCUT2D eigenvalue weighted by molar-refractivity contribution is 7.92. The molecule has 0 spiro atoms. The molecule has 1 aromatic heterocycles. The Morgan fingerprint density at radius 3 is 2.68 bits per heavy atom. The summed E-state index contributed by atoms with van der Waals surface area (Å²) in [6.45, 7) is 0. The highest BCUT2D eigenvalue weighted by Gasteiger charge is 2.26. The van der Waals surface area contributed by atoms with Gasteiger partial charge in [-0.2, -0.15) is 0 Å². The van der Waals surface area contributed by atoms with Crippen molar-refractivity contribution in [2.45, 2.75) is 23.7 Å². The van der Waals surface area contributed by atoms with Crippen molar-refractivity contribution in [2.24, 2.45) is 0 Å². The Kier molecular flexibility index (Phi) is 5.09. The van der Waals surface area contributed by atoms with Crippen LogP contribution >= 0.6 is 22.9 Å². The number of rotatable bonds is 6. The van der Waals surface area contributed by atoms with Crippen molar-refractivity contribution in [1.29, 1.82) is 0 Å². The Hall–Kier alpha value is -2.42. The molecule has 9 heteroatoms. The number of amides is 1. The number of nitrogens with one attached hydrogen (secondary N) is 2. The predicted octanol–water partition coefficient (Wildman–Crippen LogP) is 4.73. The van der Waals surface area contributed by atoms with E-state index < -0.39 is 15.9 Å². The lowest BCUT2D eigenvalue weighted by Gasteiger charge is -2.10.